The first-order chi connectivity index (χ1) is 13.1. The number of carbonyl (C=O) groups is 1. The molecule has 3 aromatic carbocycles. The van der Waals surface area contributed by atoms with Gasteiger partial charge in [0.1, 0.15) is 10.6 Å². The molecule has 0 radical (unpaired) electrons. The van der Waals surface area contributed by atoms with E-state index in [2.05, 4.69) is 5.32 Å². The Morgan fingerprint density at radius 2 is 1.82 bits per heavy atom. The Morgan fingerprint density at radius 3 is 2.43 bits per heavy atom. The van der Waals surface area contributed by atoms with Gasteiger partial charge < -0.3 is 10.4 Å². The van der Waals surface area contributed by atoms with Crippen molar-refractivity contribution in [2.75, 3.05) is 5.32 Å². The van der Waals surface area contributed by atoms with Crippen molar-refractivity contribution in [3.8, 4) is 5.75 Å². The number of hydrogen-bond acceptors (Lipinski definition) is 6. The summed E-state index contributed by atoms with van der Waals surface area (Å²) in [7, 11) is -4.63. The minimum absolute atomic E-state index is 0.0895. The SMILES string of the molecule is Cc1cc(C(=O)Nc2cc(S(=O)(=O)O)c3cc(O)ccc3c2)ccc1[N+](=O)[O-]. The van der Waals surface area contributed by atoms with Gasteiger partial charge in [-0.25, -0.2) is 0 Å². The maximum atomic E-state index is 12.5. The number of hydrogen-bond donors (Lipinski definition) is 3. The van der Waals surface area contributed by atoms with E-state index in [-0.39, 0.29) is 28.1 Å². The maximum absolute atomic E-state index is 12.5. The van der Waals surface area contributed by atoms with Crippen LogP contribution in [0.3, 0.4) is 0 Å². The number of nitrogens with one attached hydrogen (secondary N) is 1. The Balaban J connectivity index is 2.03. The van der Waals surface area contributed by atoms with Gasteiger partial charge >= 0.3 is 0 Å². The number of phenols is 1. The van der Waals surface area contributed by atoms with E-state index in [0.29, 0.717) is 10.9 Å². The number of aryl methyl sites for hydroxylation is 1. The molecule has 0 bridgehead atoms. The number of aromatic hydroxyl groups is 1. The molecule has 3 aromatic rings. The molecule has 0 aliphatic heterocycles. The van der Waals surface area contributed by atoms with Crippen LogP contribution in [0.2, 0.25) is 0 Å². The smallest absolute Gasteiger partial charge is 0.295 e. The van der Waals surface area contributed by atoms with Crippen molar-refractivity contribution >= 4 is 38.2 Å². The van der Waals surface area contributed by atoms with Crippen molar-refractivity contribution in [2.24, 2.45) is 0 Å². The first kappa shape index (κ1) is 19.3. The quantitative estimate of drug-likeness (QED) is 0.345. The molecule has 9 nitrogen and oxygen atoms in total. The van der Waals surface area contributed by atoms with Crippen LogP contribution in [0.5, 0.6) is 5.75 Å². The molecule has 0 aliphatic carbocycles. The second kappa shape index (κ2) is 6.91. The van der Waals surface area contributed by atoms with Gasteiger partial charge in [0.05, 0.1) is 4.92 Å². The van der Waals surface area contributed by atoms with Crippen molar-refractivity contribution < 1.29 is 27.8 Å². The van der Waals surface area contributed by atoms with Gasteiger partial charge in [-0.1, -0.05) is 6.07 Å². The first-order valence-corrected chi connectivity index (χ1v) is 9.31. The highest BCUT2D eigenvalue weighted by atomic mass is 32.2. The van der Waals surface area contributed by atoms with Gasteiger partial charge in [-0.2, -0.15) is 8.42 Å². The summed E-state index contributed by atoms with van der Waals surface area (Å²) in [5.74, 6) is -0.798. The largest absolute Gasteiger partial charge is 0.508 e. The molecule has 28 heavy (non-hydrogen) atoms. The summed E-state index contributed by atoms with van der Waals surface area (Å²) in [5, 5.41) is 23.4. The summed E-state index contributed by atoms with van der Waals surface area (Å²) in [6.45, 7) is 1.49. The van der Waals surface area contributed by atoms with Crippen molar-refractivity contribution in [1.82, 2.24) is 0 Å². The minimum atomic E-state index is -4.63. The number of fused-ring (bicyclic) bond motifs is 1. The highest BCUT2D eigenvalue weighted by molar-refractivity contribution is 7.86. The number of rotatable bonds is 4. The number of amides is 1. The number of phenolic OH excluding ortho intramolecular Hbond substituents is 1. The van der Waals surface area contributed by atoms with E-state index >= 15 is 0 Å². The number of carbonyl (C=O) groups excluding carboxylic acids is 1. The molecule has 0 saturated heterocycles. The second-order valence-corrected chi connectivity index (χ2v) is 7.46. The number of nitrogens with zero attached hydrogens (tertiary/aromatic N) is 1. The zero-order chi connectivity index (χ0) is 20.6. The lowest BCUT2D eigenvalue weighted by Crippen LogP contribution is -2.13. The number of nitro groups is 1. The van der Waals surface area contributed by atoms with Gasteiger partial charge in [-0.15, -0.1) is 0 Å². The Hall–Kier alpha value is -3.50. The number of nitro benzene ring substituents is 1. The van der Waals surface area contributed by atoms with Crippen LogP contribution in [0.15, 0.2) is 53.4 Å². The van der Waals surface area contributed by atoms with Crippen molar-refractivity contribution in [1.29, 1.82) is 0 Å². The van der Waals surface area contributed by atoms with E-state index in [1.54, 1.807) is 0 Å². The average molecular weight is 402 g/mol. The number of benzene rings is 3. The van der Waals surface area contributed by atoms with Crippen LogP contribution in [-0.4, -0.2) is 28.9 Å². The van der Waals surface area contributed by atoms with Gasteiger partial charge in [0, 0.05) is 28.3 Å². The van der Waals surface area contributed by atoms with Crippen molar-refractivity contribution in [3.05, 3.63) is 69.8 Å². The second-order valence-electron chi connectivity index (χ2n) is 6.07. The normalized spacial score (nSPS) is 11.4. The van der Waals surface area contributed by atoms with E-state index in [0.717, 1.165) is 6.07 Å². The van der Waals surface area contributed by atoms with Gasteiger partial charge in [-0.3, -0.25) is 19.5 Å². The van der Waals surface area contributed by atoms with Gasteiger partial charge in [0.15, 0.2) is 0 Å². The van der Waals surface area contributed by atoms with E-state index < -0.39 is 25.8 Å². The van der Waals surface area contributed by atoms with Crippen LogP contribution in [0.25, 0.3) is 10.8 Å². The molecule has 0 atom stereocenters. The lowest BCUT2D eigenvalue weighted by atomic mass is 10.1. The Kier molecular flexibility index (Phi) is 4.75. The third-order valence-corrected chi connectivity index (χ3v) is 4.98. The maximum Gasteiger partial charge on any atom is 0.295 e. The van der Waals surface area contributed by atoms with Crippen LogP contribution in [-0.2, 0) is 10.1 Å². The van der Waals surface area contributed by atoms with Gasteiger partial charge in [0.25, 0.3) is 21.7 Å². The van der Waals surface area contributed by atoms with Crippen molar-refractivity contribution in [3.63, 3.8) is 0 Å². The van der Waals surface area contributed by atoms with Gasteiger partial charge in [0.2, 0.25) is 0 Å². The average Bonchev–Trinajstić information content (AvgIpc) is 2.60. The summed E-state index contributed by atoms with van der Waals surface area (Å²) >= 11 is 0. The molecule has 3 rings (SSSR count). The van der Waals surface area contributed by atoms with E-state index in [1.165, 1.54) is 49.4 Å². The highest BCUT2D eigenvalue weighted by Crippen LogP contribution is 2.30. The molecule has 0 aromatic heterocycles. The lowest BCUT2D eigenvalue weighted by Gasteiger charge is -2.11. The fourth-order valence-electron chi connectivity index (χ4n) is 2.80. The monoisotopic (exact) mass is 402 g/mol. The zero-order valence-corrected chi connectivity index (χ0v) is 15.2. The summed E-state index contributed by atoms with van der Waals surface area (Å²) in [6, 6.07) is 10.3. The van der Waals surface area contributed by atoms with Crippen LogP contribution < -0.4 is 5.32 Å². The zero-order valence-electron chi connectivity index (χ0n) is 14.4. The summed E-state index contributed by atoms with van der Waals surface area (Å²) < 4.78 is 32.9. The molecule has 144 valence electrons. The molecule has 3 N–H and O–H groups in total. The molecule has 0 spiro atoms. The van der Waals surface area contributed by atoms with E-state index in [1.807, 2.05) is 0 Å². The van der Waals surface area contributed by atoms with Gasteiger partial charge in [-0.05, 0) is 48.7 Å². The van der Waals surface area contributed by atoms with E-state index in [4.69, 9.17) is 0 Å². The fraction of sp³-hybridized carbons (Fsp3) is 0.0556. The van der Waals surface area contributed by atoms with Crippen molar-refractivity contribution in [2.45, 2.75) is 11.8 Å². The predicted octanol–water partition coefficient (Wildman–Crippen LogP) is 3.26. The molecule has 0 fully saturated rings. The fourth-order valence-corrected chi connectivity index (χ4v) is 3.53. The van der Waals surface area contributed by atoms with Crippen LogP contribution in [0.4, 0.5) is 11.4 Å². The molecule has 0 heterocycles. The molecule has 1 amide bonds. The molecule has 0 aliphatic rings. The Bertz CT molecular complexity index is 1240. The lowest BCUT2D eigenvalue weighted by molar-refractivity contribution is -0.385. The first-order valence-electron chi connectivity index (χ1n) is 7.87. The summed E-state index contributed by atoms with van der Waals surface area (Å²) in [6.07, 6.45) is 0. The molecular formula is C18H14N2O7S. The van der Waals surface area contributed by atoms with Crippen LogP contribution >= 0.6 is 0 Å². The topological polar surface area (TPSA) is 147 Å². The molecule has 10 heteroatoms. The third-order valence-electron chi connectivity index (χ3n) is 4.09. The highest BCUT2D eigenvalue weighted by Gasteiger charge is 2.18. The minimum Gasteiger partial charge on any atom is -0.508 e. The van der Waals surface area contributed by atoms with Crippen LogP contribution in [0, 0.1) is 17.0 Å². The molecular weight excluding hydrogens is 388 g/mol. The predicted molar refractivity (Wildman–Crippen MR) is 101 cm³/mol. The standard InChI is InChI=1S/C18H14N2O7S/c1-10-6-12(3-5-16(10)20(23)24)18(22)19-13-7-11-2-4-14(21)9-15(11)17(8-13)28(25,26)27/h2-9,21H,1H3,(H,19,22)(H,25,26,27). The summed E-state index contributed by atoms with van der Waals surface area (Å²) in [4.78, 5) is 22.3. The Morgan fingerprint density at radius 1 is 1.11 bits per heavy atom. The molecule has 0 saturated carbocycles. The molecule has 0 unspecified atom stereocenters. The van der Waals surface area contributed by atoms with E-state index in [9.17, 15) is 33.0 Å². The number of anilines is 1. The Labute approximate surface area is 159 Å². The summed E-state index contributed by atoms with van der Waals surface area (Å²) in [5.41, 5.74) is 0.398. The third kappa shape index (κ3) is 3.77. The van der Waals surface area contributed by atoms with Crippen LogP contribution in [0.1, 0.15) is 15.9 Å².